The lowest BCUT2D eigenvalue weighted by Crippen LogP contribution is -1.85. The summed E-state index contributed by atoms with van der Waals surface area (Å²) in [6.45, 7) is 6.51. The fourth-order valence-corrected chi connectivity index (χ4v) is 2.84. The molecule has 0 N–H and O–H groups in total. The first-order chi connectivity index (χ1) is 8.22. The van der Waals surface area contributed by atoms with Crippen molar-refractivity contribution in [3.05, 3.63) is 52.4 Å². The van der Waals surface area contributed by atoms with Crippen molar-refractivity contribution in [2.24, 2.45) is 0 Å². The van der Waals surface area contributed by atoms with E-state index in [2.05, 4.69) is 63.3 Å². The Morgan fingerprint density at radius 2 is 1.94 bits per heavy atom. The summed E-state index contributed by atoms with van der Waals surface area (Å²) in [4.78, 5) is 2.73. The van der Waals surface area contributed by atoms with Gasteiger partial charge in [-0.05, 0) is 49.1 Å². The van der Waals surface area contributed by atoms with Gasteiger partial charge in [-0.3, -0.25) is 0 Å². The van der Waals surface area contributed by atoms with E-state index in [9.17, 15) is 0 Å². The number of allylic oxidation sites excluding steroid dienone is 1. The molecule has 0 atom stereocenters. The molecule has 0 aliphatic rings. The predicted molar refractivity (Wildman–Crippen MR) is 78.6 cm³/mol. The van der Waals surface area contributed by atoms with Crippen LogP contribution in [-0.4, -0.2) is 0 Å². The first-order valence-corrected chi connectivity index (χ1v) is 6.87. The maximum Gasteiger partial charge on any atom is 0.0351 e. The Balaban J connectivity index is 2.53. The lowest BCUT2D eigenvalue weighted by atomic mass is 10.00. The van der Waals surface area contributed by atoms with Crippen molar-refractivity contribution in [2.45, 2.75) is 27.2 Å². The Morgan fingerprint density at radius 3 is 2.59 bits per heavy atom. The van der Waals surface area contributed by atoms with Gasteiger partial charge in [0, 0.05) is 9.75 Å². The fourth-order valence-electron chi connectivity index (χ4n) is 1.93. The Bertz CT molecular complexity index is 532. The summed E-state index contributed by atoms with van der Waals surface area (Å²) in [5.74, 6) is 0. The number of rotatable bonds is 3. The van der Waals surface area contributed by atoms with Crippen LogP contribution in [0, 0.1) is 13.8 Å². The maximum atomic E-state index is 2.25. The van der Waals surface area contributed by atoms with Gasteiger partial charge in [-0.1, -0.05) is 37.3 Å². The van der Waals surface area contributed by atoms with E-state index in [-0.39, 0.29) is 0 Å². The molecule has 0 bridgehead atoms. The SMILES string of the molecule is CC/C=C\c1c(C)cccc1-c1ccc(C)s1. The highest BCUT2D eigenvalue weighted by molar-refractivity contribution is 7.15. The first kappa shape index (κ1) is 12.1. The van der Waals surface area contributed by atoms with Gasteiger partial charge in [-0.25, -0.2) is 0 Å². The van der Waals surface area contributed by atoms with Crippen molar-refractivity contribution in [1.82, 2.24) is 0 Å². The molecule has 88 valence electrons. The number of thiophene rings is 1. The van der Waals surface area contributed by atoms with Crippen LogP contribution in [0.15, 0.2) is 36.4 Å². The summed E-state index contributed by atoms with van der Waals surface area (Å²) in [5.41, 5.74) is 4.06. The number of hydrogen-bond acceptors (Lipinski definition) is 1. The van der Waals surface area contributed by atoms with E-state index in [1.165, 1.54) is 26.4 Å². The van der Waals surface area contributed by atoms with E-state index in [4.69, 9.17) is 0 Å². The Morgan fingerprint density at radius 1 is 1.12 bits per heavy atom. The van der Waals surface area contributed by atoms with Crippen molar-refractivity contribution in [2.75, 3.05) is 0 Å². The van der Waals surface area contributed by atoms with Crippen molar-refractivity contribution >= 4 is 17.4 Å². The molecule has 1 aromatic carbocycles. The van der Waals surface area contributed by atoms with Gasteiger partial charge in [0.1, 0.15) is 0 Å². The minimum atomic E-state index is 1.08. The molecule has 0 unspecified atom stereocenters. The smallest absolute Gasteiger partial charge is 0.0351 e. The molecule has 0 saturated carbocycles. The summed E-state index contributed by atoms with van der Waals surface area (Å²) in [6.07, 6.45) is 5.56. The summed E-state index contributed by atoms with van der Waals surface area (Å²) in [6, 6.07) is 10.9. The molecule has 0 aliphatic heterocycles. The third-order valence-corrected chi connectivity index (χ3v) is 3.88. The lowest BCUT2D eigenvalue weighted by molar-refractivity contribution is 1.23. The first-order valence-electron chi connectivity index (χ1n) is 6.05. The van der Waals surface area contributed by atoms with Crippen LogP contribution in [-0.2, 0) is 0 Å². The fraction of sp³-hybridized carbons (Fsp3) is 0.250. The summed E-state index contributed by atoms with van der Waals surface area (Å²) in [7, 11) is 0. The highest BCUT2D eigenvalue weighted by Crippen LogP contribution is 2.32. The monoisotopic (exact) mass is 242 g/mol. The molecule has 0 fully saturated rings. The predicted octanol–water partition coefficient (Wildman–Crippen LogP) is 5.46. The molecule has 1 aromatic heterocycles. The van der Waals surface area contributed by atoms with Gasteiger partial charge in [0.05, 0.1) is 0 Å². The van der Waals surface area contributed by atoms with E-state index in [0.717, 1.165) is 6.42 Å². The van der Waals surface area contributed by atoms with E-state index in [0.29, 0.717) is 0 Å². The van der Waals surface area contributed by atoms with Crippen LogP contribution >= 0.6 is 11.3 Å². The molecule has 1 heteroatoms. The van der Waals surface area contributed by atoms with Crippen molar-refractivity contribution < 1.29 is 0 Å². The standard InChI is InChI=1S/C16H18S/c1-4-5-8-14-12(2)7-6-9-15(14)16-11-10-13(3)17-16/h5-11H,4H2,1-3H3/b8-5-. The number of hydrogen-bond donors (Lipinski definition) is 0. The summed E-state index contributed by atoms with van der Waals surface area (Å²) >= 11 is 1.86. The zero-order valence-corrected chi connectivity index (χ0v) is 11.5. The highest BCUT2D eigenvalue weighted by atomic mass is 32.1. The largest absolute Gasteiger partial charge is 0.141 e. The molecular formula is C16H18S. The minimum Gasteiger partial charge on any atom is -0.141 e. The molecule has 17 heavy (non-hydrogen) atoms. The van der Waals surface area contributed by atoms with E-state index >= 15 is 0 Å². The second-order valence-electron chi connectivity index (χ2n) is 4.26. The van der Waals surface area contributed by atoms with E-state index in [1.54, 1.807) is 0 Å². The van der Waals surface area contributed by atoms with Crippen LogP contribution < -0.4 is 0 Å². The third kappa shape index (κ3) is 2.67. The Hall–Kier alpha value is -1.34. The lowest BCUT2D eigenvalue weighted by Gasteiger charge is -2.07. The molecule has 0 radical (unpaired) electrons. The van der Waals surface area contributed by atoms with E-state index in [1.807, 2.05) is 11.3 Å². The highest BCUT2D eigenvalue weighted by Gasteiger charge is 2.06. The molecule has 1 heterocycles. The van der Waals surface area contributed by atoms with Crippen LogP contribution in [0.4, 0.5) is 0 Å². The zero-order valence-electron chi connectivity index (χ0n) is 10.7. The van der Waals surface area contributed by atoms with Crippen molar-refractivity contribution in [3.63, 3.8) is 0 Å². The molecule has 0 amide bonds. The van der Waals surface area contributed by atoms with Crippen LogP contribution in [0.5, 0.6) is 0 Å². The van der Waals surface area contributed by atoms with Gasteiger partial charge in [-0.2, -0.15) is 0 Å². The average molecular weight is 242 g/mol. The van der Waals surface area contributed by atoms with Gasteiger partial charge in [0.15, 0.2) is 0 Å². The van der Waals surface area contributed by atoms with Crippen LogP contribution in [0.2, 0.25) is 0 Å². The second kappa shape index (κ2) is 5.33. The number of benzene rings is 1. The molecular weight excluding hydrogens is 224 g/mol. The quantitative estimate of drug-likeness (QED) is 0.671. The zero-order chi connectivity index (χ0) is 12.3. The van der Waals surface area contributed by atoms with Crippen LogP contribution in [0.1, 0.15) is 29.3 Å². The van der Waals surface area contributed by atoms with Crippen LogP contribution in [0.3, 0.4) is 0 Å². The molecule has 0 saturated heterocycles. The second-order valence-corrected chi connectivity index (χ2v) is 5.54. The van der Waals surface area contributed by atoms with Crippen molar-refractivity contribution in [1.29, 1.82) is 0 Å². The van der Waals surface area contributed by atoms with Gasteiger partial charge >= 0.3 is 0 Å². The Kier molecular flexibility index (Phi) is 3.80. The Labute approximate surface area is 108 Å². The van der Waals surface area contributed by atoms with Gasteiger partial charge in [0.2, 0.25) is 0 Å². The molecule has 0 spiro atoms. The van der Waals surface area contributed by atoms with Gasteiger partial charge in [-0.15, -0.1) is 11.3 Å². The van der Waals surface area contributed by atoms with Crippen LogP contribution in [0.25, 0.3) is 16.5 Å². The summed E-state index contributed by atoms with van der Waals surface area (Å²) < 4.78 is 0. The van der Waals surface area contributed by atoms with Gasteiger partial charge in [0.25, 0.3) is 0 Å². The topological polar surface area (TPSA) is 0 Å². The maximum absolute atomic E-state index is 2.25. The molecule has 0 nitrogen and oxygen atoms in total. The van der Waals surface area contributed by atoms with Gasteiger partial charge < -0.3 is 0 Å². The minimum absolute atomic E-state index is 1.08. The third-order valence-electron chi connectivity index (χ3n) is 2.85. The van der Waals surface area contributed by atoms with Crippen molar-refractivity contribution in [3.8, 4) is 10.4 Å². The average Bonchev–Trinajstić information content (AvgIpc) is 2.74. The normalized spacial score (nSPS) is 11.2. The molecule has 0 aliphatic carbocycles. The van der Waals surface area contributed by atoms with E-state index < -0.39 is 0 Å². The number of aryl methyl sites for hydroxylation is 2. The molecule has 2 aromatic rings. The molecule has 2 rings (SSSR count). The summed E-state index contributed by atoms with van der Waals surface area (Å²) in [5, 5.41) is 0.